The van der Waals surface area contributed by atoms with E-state index in [1.54, 1.807) is 20.8 Å². The van der Waals surface area contributed by atoms with Crippen LogP contribution in [0.3, 0.4) is 0 Å². The van der Waals surface area contributed by atoms with E-state index < -0.39 is 80.2 Å². The Bertz CT molecular complexity index is 1470. The molecule has 0 unspecified atom stereocenters. The van der Waals surface area contributed by atoms with Crippen molar-refractivity contribution in [3.8, 4) is 0 Å². The van der Waals surface area contributed by atoms with Crippen LogP contribution in [-0.2, 0) is 23.9 Å². The number of carbonyl (C=O) groups excluding carboxylic acids is 4. The van der Waals surface area contributed by atoms with Gasteiger partial charge in [-0.1, -0.05) is 36.8 Å². The van der Waals surface area contributed by atoms with Crippen molar-refractivity contribution in [3.63, 3.8) is 0 Å². The first-order valence-corrected chi connectivity index (χ1v) is 15.5. The minimum absolute atomic E-state index is 0.00470. The third-order valence-electron chi connectivity index (χ3n) is 11.1. The van der Waals surface area contributed by atoms with Crippen LogP contribution < -0.4 is 0 Å². The van der Waals surface area contributed by atoms with Crippen molar-refractivity contribution < 1.29 is 47.1 Å². The van der Waals surface area contributed by atoms with E-state index in [0.717, 1.165) is 17.8 Å². The van der Waals surface area contributed by atoms with E-state index in [9.17, 15) is 24.3 Å². The molecule has 5 aliphatic rings. The molecule has 3 saturated carbocycles. The Morgan fingerprint density at radius 2 is 1.91 bits per heavy atom. The number of halogens is 2. The zero-order valence-corrected chi connectivity index (χ0v) is 25.5. The van der Waals surface area contributed by atoms with Crippen LogP contribution in [0, 0.1) is 42.4 Å². The number of hydrogen-bond acceptors (Lipinski definition) is 10. The van der Waals surface area contributed by atoms with Crippen molar-refractivity contribution in [2.45, 2.75) is 89.1 Å². The summed E-state index contributed by atoms with van der Waals surface area (Å²) >= 11 is 0.728. The van der Waals surface area contributed by atoms with Crippen molar-refractivity contribution in [1.82, 2.24) is 5.16 Å². The van der Waals surface area contributed by atoms with Crippen molar-refractivity contribution >= 4 is 34.6 Å². The number of esters is 2. The highest BCUT2D eigenvalue weighted by Crippen LogP contribution is 2.72. The second kappa shape index (κ2) is 9.82. The van der Waals surface area contributed by atoms with Crippen LogP contribution in [-0.4, -0.2) is 68.5 Å². The number of thioether (sulfide) groups is 1. The molecule has 6 rings (SSSR count). The predicted molar refractivity (Wildman–Crippen MR) is 149 cm³/mol. The molecule has 1 saturated heterocycles. The molecule has 4 fully saturated rings. The van der Waals surface area contributed by atoms with Crippen LogP contribution >= 0.6 is 11.8 Å². The third kappa shape index (κ3) is 3.87. The number of ketones is 1. The lowest BCUT2D eigenvalue weighted by molar-refractivity contribution is -0.221. The molecular weight excluding hydrogens is 584 g/mol. The Morgan fingerprint density at radius 1 is 1.19 bits per heavy atom. The molecule has 0 aromatic carbocycles. The highest BCUT2D eigenvalue weighted by molar-refractivity contribution is 8.14. The summed E-state index contributed by atoms with van der Waals surface area (Å²) in [5.41, 5.74) is -6.92. The first kappa shape index (κ1) is 30.2. The van der Waals surface area contributed by atoms with Crippen LogP contribution in [0.5, 0.6) is 0 Å². The van der Waals surface area contributed by atoms with Gasteiger partial charge in [0.25, 0.3) is 0 Å². The van der Waals surface area contributed by atoms with E-state index in [2.05, 4.69) is 5.16 Å². The summed E-state index contributed by atoms with van der Waals surface area (Å²) in [6.45, 7) is 8.17. The van der Waals surface area contributed by atoms with Gasteiger partial charge in [0.1, 0.15) is 22.7 Å². The Balaban J connectivity index is 1.47. The molecule has 1 aromatic heterocycles. The Hall–Kier alpha value is -2.86. The minimum Gasteiger partial charge on any atom is -0.465 e. The maximum absolute atomic E-state index is 17.7. The van der Waals surface area contributed by atoms with Gasteiger partial charge in [-0.05, 0) is 63.7 Å². The molecule has 0 amide bonds. The van der Waals surface area contributed by atoms with Crippen molar-refractivity contribution in [2.24, 2.45) is 28.6 Å². The topological polar surface area (TPSA) is 133 Å². The Kier molecular flexibility index (Phi) is 6.89. The number of allylic oxidation sites excluding steroid dienone is 4. The first-order valence-electron chi connectivity index (χ1n) is 14.6. The molecule has 12 heteroatoms. The SMILES string of the molecule is Cc1noc(C)c1C(=O)O[C@]1(C(=O)S[C@H]2CCOC2=O)[C@H](C)C[C@H]2[C@@H]3C[C@H](F)C4=CC(=O)C=C[C@]4(C)[C@@]3(F)[C@@H](O)C[C@@]21C. The summed E-state index contributed by atoms with van der Waals surface area (Å²) in [4.78, 5) is 52.8. The second-order valence-electron chi connectivity index (χ2n) is 13.2. The fourth-order valence-corrected chi connectivity index (χ4v) is 10.3. The summed E-state index contributed by atoms with van der Waals surface area (Å²) < 4.78 is 50.1. The summed E-state index contributed by atoms with van der Waals surface area (Å²) in [5, 5.41) is 14.2. The van der Waals surface area contributed by atoms with Gasteiger partial charge in [-0.25, -0.2) is 13.6 Å². The number of aryl methyl sites for hydroxylation is 2. The zero-order valence-electron chi connectivity index (χ0n) is 24.6. The van der Waals surface area contributed by atoms with Gasteiger partial charge in [0.05, 0.1) is 18.4 Å². The quantitative estimate of drug-likeness (QED) is 0.486. The molecular formula is C31H35F2NO8S. The number of cyclic esters (lactones) is 1. The number of fused-ring (bicyclic) bond motifs is 5. The third-order valence-corrected chi connectivity index (χ3v) is 12.3. The smallest absolute Gasteiger partial charge is 0.344 e. The number of ether oxygens (including phenoxy) is 2. The molecule has 4 aliphatic carbocycles. The zero-order chi connectivity index (χ0) is 31.3. The maximum Gasteiger partial charge on any atom is 0.344 e. The number of aliphatic hydroxyl groups is 1. The largest absolute Gasteiger partial charge is 0.465 e. The van der Waals surface area contributed by atoms with Gasteiger partial charge in [0.2, 0.25) is 5.12 Å². The number of nitrogens with zero attached hydrogens (tertiary/aromatic N) is 1. The molecule has 1 aromatic rings. The van der Waals surface area contributed by atoms with Crippen LogP contribution in [0.4, 0.5) is 8.78 Å². The van der Waals surface area contributed by atoms with Crippen molar-refractivity contribution in [3.05, 3.63) is 40.8 Å². The van der Waals surface area contributed by atoms with E-state index in [1.165, 1.54) is 26.0 Å². The van der Waals surface area contributed by atoms with Gasteiger partial charge in [-0.3, -0.25) is 14.4 Å². The molecule has 1 aliphatic heterocycles. The Labute approximate surface area is 251 Å². The number of aliphatic hydroxyl groups excluding tert-OH is 1. The van der Waals surface area contributed by atoms with Crippen LogP contribution in [0.2, 0.25) is 0 Å². The van der Waals surface area contributed by atoms with E-state index in [1.807, 2.05) is 0 Å². The molecule has 10 atom stereocenters. The van der Waals surface area contributed by atoms with Gasteiger partial charge in [0, 0.05) is 29.1 Å². The number of carbonyl (C=O) groups is 4. The number of hydrogen-bond donors (Lipinski definition) is 1. The van der Waals surface area contributed by atoms with Crippen molar-refractivity contribution in [1.29, 1.82) is 0 Å². The van der Waals surface area contributed by atoms with Crippen LogP contribution in [0.1, 0.15) is 68.3 Å². The highest BCUT2D eigenvalue weighted by atomic mass is 32.2. The van der Waals surface area contributed by atoms with Crippen LogP contribution in [0.25, 0.3) is 0 Å². The number of aromatic nitrogens is 1. The molecule has 9 nitrogen and oxygen atoms in total. The molecule has 0 spiro atoms. The van der Waals surface area contributed by atoms with E-state index in [4.69, 9.17) is 14.0 Å². The lowest BCUT2D eigenvalue weighted by Crippen LogP contribution is -2.70. The lowest BCUT2D eigenvalue weighted by Gasteiger charge is -2.63. The fraction of sp³-hybridized carbons (Fsp3) is 0.645. The normalized spacial score (nSPS) is 43.4. The maximum atomic E-state index is 17.7. The minimum atomic E-state index is -2.37. The first-order chi connectivity index (χ1) is 20.1. The van der Waals surface area contributed by atoms with Gasteiger partial charge in [0.15, 0.2) is 17.1 Å². The molecule has 0 bridgehead atoms. The predicted octanol–water partition coefficient (Wildman–Crippen LogP) is 4.33. The summed E-state index contributed by atoms with van der Waals surface area (Å²) in [6.07, 6.45) is 0.208. The highest BCUT2D eigenvalue weighted by Gasteiger charge is 2.78. The van der Waals surface area contributed by atoms with Gasteiger partial charge >= 0.3 is 11.9 Å². The molecule has 232 valence electrons. The molecule has 43 heavy (non-hydrogen) atoms. The summed E-state index contributed by atoms with van der Waals surface area (Å²) in [6, 6.07) is 0. The van der Waals surface area contributed by atoms with E-state index in [-0.39, 0.29) is 48.5 Å². The van der Waals surface area contributed by atoms with E-state index in [0.29, 0.717) is 6.42 Å². The molecule has 1 N–H and O–H groups in total. The Morgan fingerprint density at radius 3 is 2.53 bits per heavy atom. The standard InChI is InChI=1S/C31H35F2NO8S/c1-14-10-18-19-12-21(32)20-11-17(35)6-8-28(20,4)30(19,33)23(36)13-29(18,5)31(14,27(39)43-22-7-9-40-25(22)37)41-26(38)24-15(2)34-42-16(24)3/h6,8,11,14,18-19,21-23,36H,7,9-10,12-13H2,1-5H3/t14-,18+,19+,21+,22+,23+,28+,29+,30+,31+/m1/s1. The second-order valence-corrected chi connectivity index (χ2v) is 14.3. The van der Waals surface area contributed by atoms with Crippen LogP contribution in [0.15, 0.2) is 28.3 Å². The van der Waals surface area contributed by atoms with Gasteiger partial charge in [-0.2, -0.15) is 0 Å². The van der Waals surface area contributed by atoms with Crippen molar-refractivity contribution in [2.75, 3.05) is 6.61 Å². The average molecular weight is 620 g/mol. The molecule has 0 radical (unpaired) electrons. The fourth-order valence-electron chi connectivity index (χ4n) is 8.99. The average Bonchev–Trinajstić information content (AvgIpc) is 3.56. The lowest BCUT2D eigenvalue weighted by atomic mass is 9.44. The number of alkyl halides is 2. The molecule has 2 heterocycles. The summed E-state index contributed by atoms with van der Waals surface area (Å²) in [5.74, 6) is -4.14. The number of rotatable bonds is 4. The summed E-state index contributed by atoms with van der Waals surface area (Å²) in [7, 11) is 0. The van der Waals surface area contributed by atoms with Gasteiger partial charge < -0.3 is 19.1 Å². The van der Waals surface area contributed by atoms with Gasteiger partial charge in [-0.15, -0.1) is 0 Å². The van der Waals surface area contributed by atoms with E-state index >= 15 is 8.78 Å². The monoisotopic (exact) mass is 619 g/mol.